The van der Waals surface area contributed by atoms with Crippen LogP contribution >= 0.6 is 0 Å². The van der Waals surface area contributed by atoms with E-state index in [0.717, 1.165) is 22.3 Å². The van der Waals surface area contributed by atoms with Crippen LogP contribution in [0.4, 0.5) is 4.79 Å². The molecule has 1 aliphatic carbocycles. The van der Waals surface area contributed by atoms with Gasteiger partial charge in [-0.25, -0.2) is 15.1 Å². The van der Waals surface area contributed by atoms with Gasteiger partial charge in [-0.15, -0.1) is 0 Å². The molecule has 2 aromatic rings. The van der Waals surface area contributed by atoms with Crippen molar-refractivity contribution in [3.8, 4) is 11.1 Å². The Morgan fingerprint density at radius 2 is 1.64 bits per heavy atom. The molecular weight excluding hydrogens is 428 g/mol. The topological polar surface area (TPSA) is 123 Å². The van der Waals surface area contributed by atoms with Crippen molar-refractivity contribution in [3.05, 3.63) is 59.7 Å². The molecule has 1 aliphatic rings. The standard InChI is InChI=1S/C24H28N2O7/c1-3-15(12-22(27)26-33-21(14-31-2)23(28)29)25-24(30)32-13-20-18-10-6-4-8-16(18)17-9-5-7-11-19(17)20/h4-11,15,20-21H,3,12-14H2,1-2H3,(H,25,30)(H,26,27)(H,28,29)/t15-,21?/m0/s1. The van der Waals surface area contributed by atoms with Crippen LogP contribution in [0.25, 0.3) is 11.1 Å². The maximum atomic E-state index is 12.4. The Hall–Kier alpha value is -3.43. The Morgan fingerprint density at radius 1 is 1.03 bits per heavy atom. The number of hydrogen-bond acceptors (Lipinski definition) is 6. The van der Waals surface area contributed by atoms with E-state index in [-0.39, 0.29) is 25.6 Å². The molecule has 0 aliphatic heterocycles. The molecule has 0 saturated heterocycles. The van der Waals surface area contributed by atoms with Crippen molar-refractivity contribution in [1.82, 2.24) is 10.8 Å². The highest BCUT2D eigenvalue weighted by molar-refractivity contribution is 5.79. The number of alkyl carbamates (subject to hydrolysis) is 1. The number of amides is 2. The summed E-state index contributed by atoms with van der Waals surface area (Å²) in [6.07, 6.45) is -1.58. The number of methoxy groups -OCH3 is 1. The number of ether oxygens (including phenoxy) is 2. The number of fused-ring (bicyclic) bond motifs is 3. The van der Waals surface area contributed by atoms with E-state index in [1.54, 1.807) is 0 Å². The van der Waals surface area contributed by atoms with Crippen LogP contribution in [0.1, 0.15) is 36.8 Å². The molecule has 0 bridgehead atoms. The molecule has 33 heavy (non-hydrogen) atoms. The van der Waals surface area contributed by atoms with Gasteiger partial charge in [0.1, 0.15) is 6.61 Å². The van der Waals surface area contributed by atoms with Gasteiger partial charge in [-0.2, -0.15) is 0 Å². The van der Waals surface area contributed by atoms with E-state index in [0.29, 0.717) is 6.42 Å². The monoisotopic (exact) mass is 456 g/mol. The van der Waals surface area contributed by atoms with E-state index in [1.807, 2.05) is 43.3 Å². The number of hydrogen-bond donors (Lipinski definition) is 3. The number of carbonyl (C=O) groups is 3. The van der Waals surface area contributed by atoms with Gasteiger partial charge in [-0.3, -0.25) is 9.63 Å². The van der Waals surface area contributed by atoms with Crippen LogP contribution in [0, 0.1) is 0 Å². The summed E-state index contributed by atoms with van der Waals surface area (Å²) in [6, 6.07) is 15.6. The number of rotatable bonds is 11. The van der Waals surface area contributed by atoms with E-state index < -0.39 is 30.1 Å². The fourth-order valence-electron chi connectivity index (χ4n) is 3.81. The van der Waals surface area contributed by atoms with Crippen molar-refractivity contribution in [1.29, 1.82) is 0 Å². The number of carbonyl (C=O) groups excluding carboxylic acids is 2. The molecule has 3 rings (SSSR count). The predicted molar refractivity (Wildman–Crippen MR) is 119 cm³/mol. The molecule has 0 aromatic heterocycles. The zero-order valence-electron chi connectivity index (χ0n) is 18.6. The highest BCUT2D eigenvalue weighted by Gasteiger charge is 2.29. The minimum absolute atomic E-state index is 0.0614. The summed E-state index contributed by atoms with van der Waals surface area (Å²) in [7, 11) is 1.33. The Morgan fingerprint density at radius 3 is 2.18 bits per heavy atom. The fourth-order valence-corrected chi connectivity index (χ4v) is 3.81. The summed E-state index contributed by atoms with van der Waals surface area (Å²) in [4.78, 5) is 40.4. The molecule has 0 radical (unpaired) electrons. The molecule has 0 fully saturated rings. The van der Waals surface area contributed by atoms with Crippen molar-refractivity contribution in [3.63, 3.8) is 0 Å². The van der Waals surface area contributed by atoms with Crippen molar-refractivity contribution in [2.24, 2.45) is 0 Å². The van der Waals surface area contributed by atoms with E-state index in [1.165, 1.54) is 7.11 Å². The van der Waals surface area contributed by atoms with Gasteiger partial charge in [0.25, 0.3) is 0 Å². The molecule has 9 heteroatoms. The largest absolute Gasteiger partial charge is 0.479 e. The second kappa shape index (κ2) is 11.4. The van der Waals surface area contributed by atoms with E-state index in [9.17, 15) is 14.4 Å². The molecule has 176 valence electrons. The first-order valence-corrected chi connectivity index (χ1v) is 10.7. The van der Waals surface area contributed by atoms with Gasteiger partial charge in [0.15, 0.2) is 0 Å². The number of benzene rings is 2. The first kappa shape index (κ1) is 24.2. The lowest BCUT2D eigenvalue weighted by molar-refractivity contribution is -0.165. The number of aliphatic carboxylic acids is 1. The Bertz CT molecular complexity index is 949. The van der Waals surface area contributed by atoms with Crippen LogP contribution in [0.2, 0.25) is 0 Å². The van der Waals surface area contributed by atoms with Crippen molar-refractivity contribution in [2.45, 2.75) is 37.8 Å². The van der Waals surface area contributed by atoms with Crippen LogP contribution in [0.5, 0.6) is 0 Å². The van der Waals surface area contributed by atoms with Crippen molar-refractivity contribution >= 4 is 18.0 Å². The second-order valence-corrected chi connectivity index (χ2v) is 7.70. The summed E-state index contributed by atoms with van der Waals surface area (Å²) in [5.74, 6) is -1.89. The van der Waals surface area contributed by atoms with Crippen LogP contribution < -0.4 is 10.8 Å². The maximum absolute atomic E-state index is 12.4. The molecular formula is C24H28N2O7. The Labute approximate surface area is 192 Å². The summed E-state index contributed by atoms with van der Waals surface area (Å²) in [6.45, 7) is 1.77. The predicted octanol–water partition coefficient (Wildman–Crippen LogP) is 2.84. The Balaban J connectivity index is 1.51. The van der Waals surface area contributed by atoms with Gasteiger partial charge in [0.05, 0.1) is 6.61 Å². The summed E-state index contributed by atoms with van der Waals surface area (Å²) < 4.78 is 10.2. The fraction of sp³-hybridized carbons (Fsp3) is 0.375. The van der Waals surface area contributed by atoms with Gasteiger partial charge < -0.3 is 19.9 Å². The maximum Gasteiger partial charge on any atom is 0.407 e. The highest BCUT2D eigenvalue weighted by atomic mass is 16.7. The molecule has 0 heterocycles. The third-order valence-electron chi connectivity index (χ3n) is 5.50. The first-order chi connectivity index (χ1) is 15.9. The molecule has 1 unspecified atom stereocenters. The van der Waals surface area contributed by atoms with E-state index >= 15 is 0 Å². The molecule has 3 N–H and O–H groups in total. The number of hydroxylamine groups is 1. The molecule has 2 aromatic carbocycles. The lowest BCUT2D eigenvalue weighted by Gasteiger charge is -2.19. The lowest BCUT2D eigenvalue weighted by atomic mass is 9.98. The third kappa shape index (κ3) is 6.09. The lowest BCUT2D eigenvalue weighted by Crippen LogP contribution is -2.42. The van der Waals surface area contributed by atoms with Crippen molar-refractivity contribution < 1.29 is 33.8 Å². The second-order valence-electron chi connectivity index (χ2n) is 7.70. The third-order valence-corrected chi connectivity index (χ3v) is 5.50. The molecule has 0 spiro atoms. The Kier molecular flexibility index (Phi) is 8.39. The van der Waals surface area contributed by atoms with Gasteiger partial charge in [0.2, 0.25) is 12.0 Å². The normalized spacial score (nSPS) is 14.0. The molecule has 2 amide bonds. The molecule has 2 atom stereocenters. The molecule has 9 nitrogen and oxygen atoms in total. The zero-order valence-corrected chi connectivity index (χ0v) is 18.6. The smallest absolute Gasteiger partial charge is 0.407 e. The van der Waals surface area contributed by atoms with Crippen molar-refractivity contribution in [2.75, 3.05) is 20.3 Å². The van der Waals surface area contributed by atoms with Gasteiger partial charge in [-0.1, -0.05) is 55.5 Å². The minimum Gasteiger partial charge on any atom is -0.479 e. The number of nitrogens with one attached hydrogen (secondary N) is 2. The van der Waals surface area contributed by atoms with Crippen LogP contribution in [0.3, 0.4) is 0 Å². The van der Waals surface area contributed by atoms with E-state index in [2.05, 4.69) is 22.9 Å². The highest BCUT2D eigenvalue weighted by Crippen LogP contribution is 2.44. The minimum atomic E-state index is -1.32. The average Bonchev–Trinajstić information content (AvgIpc) is 3.13. The van der Waals surface area contributed by atoms with Crippen LogP contribution in [0.15, 0.2) is 48.5 Å². The number of carboxylic acids is 1. The van der Waals surface area contributed by atoms with Gasteiger partial charge in [0, 0.05) is 25.5 Å². The quantitative estimate of drug-likeness (QED) is 0.444. The summed E-state index contributed by atoms with van der Waals surface area (Å²) in [5, 5.41) is 11.7. The van der Waals surface area contributed by atoms with Crippen LogP contribution in [-0.4, -0.2) is 55.5 Å². The average molecular weight is 456 g/mol. The van der Waals surface area contributed by atoms with Gasteiger partial charge >= 0.3 is 12.1 Å². The summed E-state index contributed by atoms with van der Waals surface area (Å²) in [5.41, 5.74) is 6.59. The summed E-state index contributed by atoms with van der Waals surface area (Å²) >= 11 is 0. The van der Waals surface area contributed by atoms with Crippen LogP contribution in [-0.2, 0) is 23.9 Å². The number of carboxylic acid groups (broad SMARTS) is 1. The van der Waals surface area contributed by atoms with Gasteiger partial charge in [-0.05, 0) is 28.7 Å². The zero-order chi connectivity index (χ0) is 23.8. The SMILES string of the molecule is CC[C@@H](CC(=O)NOC(COC)C(=O)O)NC(=O)OCC1c2ccccc2-c2ccccc21. The molecule has 0 saturated carbocycles. The first-order valence-electron chi connectivity index (χ1n) is 10.7. The van der Waals surface area contributed by atoms with E-state index in [4.69, 9.17) is 19.4 Å².